The SMILES string of the molecule is CN1CCCC(N(C)C(=O)c2cc(N)cc(Br)c2)C1. The van der Waals surface area contributed by atoms with Crippen molar-refractivity contribution in [1.29, 1.82) is 0 Å². The number of piperidine rings is 1. The largest absolute Gasteiger partial charge is 0.399 e. The minimum atomic E-state index is 0.0355. The lowest BCUT2D eigenvalue weighted by atomic mass is 10.0. The molecular formula is C14H20BrN3O. The van der Waals surface area contributed by atoms with Crippen molar-refractivity contribution in [1.82, 2.24) is 9.80 Å². The van der Waals surface area contributed by atoms with Crippen molar-refractivity contribution < 1.29 is 4.79 Å². The van der Waals surface area contributed by atoms with Crippen molar-refractivity contribution in [2.24, 2.45) is 0 Å². The van der Waals surface area contributed by atoms with E-state index >= 15 is 0 Å². The number of nitrogen functional groups attached to an aromatic ring is 1. The lowest BCUT2D eigenvalue weighted by Gasteiger charge is -2.36. The number of hydrogen-bond donors (Lipinski definition) is 1. The summed E-state index contributed by atoms with van der Waals surface area (Å²) in [6, 6.07) is 5.63. The number of anilines is 1. The number of carbonyl (C=O) groups is 1. The first-order valence-corrected chi connectivity index (χ1v) is 7.28. The summed E-state index contributed by atoms with van der Waals surface area (Å²) in [5, 5.41) is 0. The summed E-state index contributed by atoms with van der Waals surface area (Å²) in [5.74, 6) is 0.0355. The summed E-state index contributed by atoms with van der Waals surface area (Å²) in [7, 11) is 3.98. The van der Waals surface area contributed by atoms with Crippen molar-refractivity contribution in [3.8, 4) is 0 Å². The third-order valence-electron chi connectivity index (χ3n) is 3.63. The second-order valence-electron chi connectivity index (χ2n) is 5.25. The highest BCUT2D eigenvalue weighted by molar-refractivity contribution is 9.10. The first kappa shape index (κ1) is 14.3. The molecule has 1 atom stereocenters. The molecule has 0 radical (unpaired) electrons. The topological polar surface area (TPSA) is 49.6 Å². The Morgan fingerprint density at radius 2 is 2.21 bits per heavy atom. The van der Waals surface area contributed by atoms with Crippen LogP contribution in [0.15, 0.2) is 22.7 Å². The summed E-state index contributed by atoms with van der Waals surface area (Å²) in [5.41, 5.74) is 7.03. The second-order valence-corrected chi connectivity index (χ2v) is 6.16. The molecule has 2 rings (SSSR count). The Labute approximate surface area is 122 Å². The van der Waals surface area contributed by atoms with E-state index in [2.05, 4.69) is 27.9 Å². The van der Waals surface area contributed by atoms with Crippen LogP contribution in [0.3, 0.4) is 0 Å². The van der Waals surface area contributed by atoms with Crippen LogP contribution in [0.1, 0.15) is 23.2 Å². The van der Waals surface area contributed by atoms with E-state index in [1.54, 1.807) is 12.1 Å². The van der Waals surface area contributed by atoms with Crippen LogP contribution in [0.5, 0.6) is 0 Å². The molecule has 2 N–H and O–H groups in total. The van der Waals surface area contributed by atoms with Gasteiger partial charge in [-0.05, 0) is 44.6 Å². The fourth-order valence-corrected chi connectivity index (χ4v) is 3.07. The molecule has 1 fully saturated rings. The molecule has 1 aromatic carbocycles. The highest BCUT2D eigenvalue weighted by atomic mass is 79.9. The van der Waals surface area contributed by atoms with Gasteiger partial charge in [-0.3, -0.25) is 4.79 Å². The molecule has 0 spiro atoms. The number of halogens is 1. The van der Waals surface area contributed by atoms with E-state index in [0.29, 0.717) is 11.3 Å². The van der Waals surface area contributed by atoms with Gasteiger partial charge in [0.15, 0.2) is 0 Å². The van der Waals surface area contributed by atoms with E-state index < -0.39 is 0 Å². The Hall–Kier alpha value is -1.07. The van der Waals surface area contributed by atoms with Crippen LogP contribution < -0.4 is 5.73 Å². The molecule has 0 bridgehead atoms. The molecule has 104 valence electrons. The summed E-state index contributed by atoms with van der Waals surface area (Å²) in [6.45, 7) is 2.05. The van der Waals surface area contributed by atoms with Crippen molar-refractivity contribution in [3.05, 3.63) is 28.2 Å². The molecule has 5 heteroatoms. The third-order valence-corrected chi connectivity index (χ3v) is 4.09. The number of rotatable bonds is 2. The minimum Gasteiger partial charge on any atom is -0.399 e. The fourth-order valence-electron chi connectivity index (χ4n) is 2.56. The molecule has 19 heavy (non-hydrogen) atoms. The summed E-state index contributed by atoms with van der Waals surface area (Å²) in [4.78, 5) is 16.6. The van der Waals surface area contributed by atoms with Crippen LogP contribution in [0.2, 0.25) is 0 Å². The molecule has 1 aliphatic heterocycles. The number of amides is 1. The smallest absolute Gasteiger partial charge is 0.254 e. The third kappa shape index (κ3) is 3.48. The molecule has 1 saturated heterocycles. The first-order chi connectivity index (χ1) is 8.97. The van der Waals surface area contributed by atoms with Crippen LogP contribution >= 0.6 is 15.9 Å². The zero-order chi connectivity index (χ0) is 14.0. The van der Waals surface area contributed by atoms with Gasteiger partial charge in [0.1, 0.15) is 0 Å². The number of likely N-dealkylation sites (tertiary alicyclic amines) is 1. The number of benzene rings is 1. The van der Waals surface area contributed by atoms with Crippen LogP contribution in [0.25, 0.3) is 0 Å². The second kappa shape index (κ2) is 5.92. The predicted molar refractivity (Wildman–Crippen MR) is 81.2 cm³/mol. The van der Waals surface area contributed by atoms with Gasteiger partial charge >= 0.3 is 0 Å². The van der Waals surface area contributed by atoms with Gasteiger partial charge in [0.05, 0.1) is 0 Å². The molecule has 0 saturated carbocycles. The lowest BCUT2D eigenvalue weighted by molar-refractivity contribution is 0.0644. The molecular weight excluding hydrogens is 306 g/mol. The van der Waals surface area contributed by atoms with Gasteiger partial charge in [0.25, 0.3) is 5.91 Å². The predicted octanol–water partition coefficient (Wildman–Crippen LogP) is 2.20. The molecule has 1 aliphatic rings. The number of hydrogen-bond acceptors (Lipinski definition) is 3. The maximum Gasteiger partial charge on any atom is 0.254 e. The molecule has 4 nitrogen and oxygen atoms in total. The average Bonchev–Trinajstić information content (AvgIpc) is 2.36. The van der Waals surface area contributed by atoms with Crippen molar-refractivity contribution >= 4 is 27.5 Å². The Kier molecular flexibility index (Phi) is 4.47. The van der Waals surface area contributed by atoms with Crippen molar-refractivity contribution in [2.75, 3.05) is 32.9 Å². The quantitative estimate of drug-likeness (QED) is 0.848. The minimum absolute atomic E-state index is 0.0355. The average molecular weight is 326 g/mol. The number of nitrogens with zero attached hydrogens (tertiary/aromatic N) is 2. The van der Waals surface area contributed by atoms with E-state index in [9.17, 15) is 4.79 Å². The number of carbonyl (C=O) groups excluding carboxylic acids is 1. The van der Waals surface area contributed by atoms with E-state index in [4.69, 9.17) is 5.73 Å². The van der Waals surface area contributed by atoms with Gasteiger partial charge in [-0.1, -0.05) is 15.9 Å². The van der Waals surface area contributed by atoms with Gasteiger partial charge in [-0.2, -0.15) is 0 Å². The van der Waals surface area contributed by atoms with Crippen LogP contribution in [0.4, 0.5) is 5.69 Å². The van der Waals surface area contributed by atoms with E-state index in [1.807, 2.05) is 18.0 Å². The molecule has 1 aromatic rings. The molecule has 0 aromatic heterocycles. The molecule has 1 unspecified atom stereocenters. The van der Waals surface area contributed by atoms with E-state index in [-0.39, 0.29) is 11.9 Å². The highest BCUT2D eigenvalue weighted by Gasteiger charge is 2.25. The maximum atomic E-state index is 12.5. The number of likely N-dealkylation sites (N-methyl/N-ethyl adjacent to an activating group) is 2. The Balaban J connectivity index is 2.13. The Morgan fingerprint density at radius 3 is 2.84 bits per heavy atom. The lowest BCUT2D eigenvalue weighted by Crippen LogP contribution is -2.47. The van der Waals surface area contributed by atoms with Gasteiger partial charge in [0, 0.05) is 35.4 Å². The zero-order valence-electron chi connectivity index (χ0n) is 11.4. The fraction of sp³-hybridized carbons (Fsp3) is 0.500. The first-order valence-electron chi connectivity index (χ1n) is 6.49. The zero-order valence-corrected chi connectivity index (χ0v) is 13.0. The molecule has 1 amide bonds. The van der Waals surface area contributed by atoms with Gasteiger partial charge in [-0.15, -0.1) is 0 Å². The monoisotopic (exact) mass is 325 g/mol. The van der Waals surface area contributed by atoms with Crippen molar-refractivity contribution in [3.63, 3.8) is 0 Å². The highest BCUT2D eigenvalue weighted by Crippen LogP contribution is 2.21. The Morgan fingerprint density at radius 1 is 1.47 bits per heavy atom. The molecule has 0 aliphatic carbocycles. The summed E-state index contributed by atoms with van der Waals surface area (Å²) >= 11 is 3.38. The van der Waals surface area contributed by atoms with Crippen LogP contribution in [-0.2, 0) is 0 Å². The molecule has 1 heterocycles. The Bertz CT molecular complexity index is 458. The van der Waals surface area contributed by atoms with Crippen LogP contribution in [-0.4, -0.2) is 48.9 Å². The summed E-state index contributed by atoms with van der Waals surface area (Å²) in [6.07, 6.45) is 2.20. The summed E-state index contributed by atoms with van der Waals surface area (Å²) < 4.78 is 0.838. The standard InChI is InChI=1S/C14H20BrN3O/c1-17-5-3-4-13(9-17)18(2)14(19)10-6-11(15)8-12(16)7-10/h6-8,13H,3-5,9,16H2,1-2H3. The van der Waals surface area contributed by atoms with Crippen LogP contribution in [0, 0.1) is 0 Å². The van der Waals surface area contributed by atoms with Gasteiger partial charge < -0.3 is 15.5 Å². The van der Waals surface area contributed by atoms with Gasteiger partial charge in [0.2, 0.25) is 0 Å². The maximum absolute atomic E-state index is 12.5. The normalized spacial score (nSPS) is 20.3. The van der Waals surface area contributed by atoms with E-state index in [1.165, 1.54) is 0 Å². The van der Waals surface area contributed by atoms with E-state index in [0.717, 1.165) is 30.4 Å². The van der Waals surface area contributed by atoms with Gasteiger partial charge in [-0.25, -0.2) is 0 Å². The van der Waals surface area contributed by atoms with Crippen molar-refractivity contribution in [2.45, 2.75) is 18.9 Å². The number of nitrogens with two attached hydrogens (primary N) is 1.